The van der Waals surface area contributed by atoms with Gasteiger partial charge in [0.15, 0.2) is 5.13 Å². The third kappa shape index (κ3) is 4.39. The molecule has 2 aromatic carbocycles. The summed E-state index contributed by atoms with van der Waals surface area (Å²) < 4.78 is 46.2. The standard InChI is InChI=1S/C21H20F3N5O2S/c1-3-29-16-7-4-12(18(30)25-8-9-31-2)10-15(16)26-19(29)28-20-27-14-6-5-13(21(22,23)24)11-17(14)32-20/h4-7,10-11H,3,8-9H2,1-2H3,(H,25,30)(H,26,27,28). The third-order valence-electron chi connectivity index (χ3n) is 4.85. The average molecular weight is 463 g/mol. The van der Waals surface area contributed by atoms with Crippen LogP contribution in [-0.2, 0) is 17.5 Å². The van der Waals surface area contributed by atoms with E-state index >= 15 is 0 Å². The van der Waals surface area contributed by atoms with E-state index in [9.17, 15) is 18.0 Å². The number of hydrogen-bond donors (Lipinski definition) is 2. The summed E-state index contributed by atoms with van der Waals surface area (Å²) in [5, 5.41) is 6.31. The molecule has 32 heavy (non-hydrogen) atoms. The smallest absolute Gasteiger partial charge is 0.383 e. The highest BCUT2D eigenvalue weighted by molar-refractivity contribution is 7.22. The second-order valence-corrected chi connectivity index (χ2v) is 7.99. The lowest BCUT2D eigenvalue weighted by Crippen LogP contribution is -2.26. The predicted molar refractivity (Wildman–Crippen MR) is 118 cm³/mol. The largest absolute Gasteiger partial charge is 0.416 e. The van der Waals surface area contributed by atoms with Crippen molar-refractivity contribution in [1.82, 2.24) is 19.9 Å². The van der Waals surface area contributed by atoms with Crippen molar-refractivity contribution in [1.29, 1.82) is 0 Å². The predicted octanol–water partition coefficient (Wildman–Crippen LogP) is 4.80. The Balaban J connectivity index is 1.63. The van der Waals surface area contributed by atoms with Crippen LogP contribution in [0.2, 0.25) is 0 Å². The van der Waals surface area contributed by atoms with Crippen molar-refractivity contribution in [2.75, 3.05) is 25.6 Å². The SMILES string of the molecule is CCn1c(Nc2nc3ccc(C(F)(F)F)cc3s2)nc2cc(C(=O)NCCOC)ccc21. The topological polar surface area (TPSA) is 81.1 Å². The number of nitrogens with zero attached hydrogens (tertiary/aromatic N) is 3. The quantitative estimate of drug-likeness (QED) is 0.385. The molecule has 0 aliphatic rings. The number of rotatable bonds is 7. The molecule has 4 aromatic rings. The number of ether oxygens (including phenoxy) is 1. The molecule has 7 nitrogen and oxygen atoms in total. The summed E-state index contributed by atoms with van der Waals surface area (Å²) in [6, 6.07) is 8.70. The first-order valence-corrected chi connectivity index (χ1v) is 10.6. The molecule has 0 saturated heterocycles. The maximum atomic E-state index is 13.0. The number of hydrogen-bond acceptors (Lipinski definition) is 6. The van der Waals surface area contributed by atoms with Gasteiger partial charge in [-0.1, -0.05) is 11.3 Å². The van der Waals surface area contributed by atoms with Crippen molar-refractivity contribution in [2.24, 2.45) is 0 Å². The number of thiazole rings is 1. The van der Waals surface area contributed by atoms with E-state index in [0.29, 0.717) is 52.1 Å². The zero-order valence-electron chi connectivity index (χ0n) is 17.3. The molecule has 11 heteroatoms. The van der Waals surface area contributed by atoms with Gasteiger partial charge in [0.1, 0.15) is 0 Å². The molecule has 0 bridgehead atoms. The molecule has 0 radical (unpaired) electrons. The Kier molecular flexibility index (Phi) is 6.02. The van der Waals surface area contributed by atoms with Gasteiger partial charge >= 0.3 is 6.18 Å². The van der Waals surface area contributed by atoms with E-state index in [1.54, 1.807) is 19.2 Å². The van der Waals surface area contributed by atoms with Gasteiger partial charge in [-0.3, -0.25) is 4.79 Å². The lowest BCUT2D eigenvalue weighted by atomic mass is 10.2. The molecule has 0 aliphatic carbocycles. The van der Waals surface area contributed by atoms with E-state index in [1.165, 1.54) is 6.07 Å². The number of nitrogens with one attached hydrogen (secondary N) is 2. The lowest BCUT2D eigenvalue weighted by molar-refractivity contribution is -0.137. The Bertz CT molecular complexity index is 1280. The zero-order valence-corrected chi connectivity index (χ0v) is 18.1. The van der Waals surface area contributed by atoms with Crippen LogP contribution in [0.5, 0.6) is 0 Å². The normalized spacial score (nSPS) is 11.9. The van der Waals surface area contributed by atoms with Crippen LogP contribution in [0.15, 0.2) is 36.4 Å². The molecule has 2 aromatic heterocycles. The highest BCUT2D eigenvalue weighted by Crippen LogP contribution is 2.35. The summed E-state index contributed by atoms with van der Waals surface area (Å²) in [7, 11) is 1.56. The molecule has 0 unspecified atom stereocenters. The van der Waals surface area contributed by atoms with Crippen LogP contribution in [-0.4, -0.2) is 40.7 Å². The molecular weight excluding hydrogens is 443 g/mol. The Hall–Kier alpha value is -3.18. The molecule has 0 aliphatic heterocycles. The molecule has 1 amide bonds. The minimum absolute atomic E-state index is 0.226. The van der Waals surface area contributed by atoms with E-state index in [0.717, 1.165) is 29.0 Å². The maximum absolute atomic E-state index is 13.0. The van der Waals surface area contributed by atoms with Crippen molar-refractivity contribution >= 4 is 49.6 Å². The summed E-state index contributed by atoms with van der Waals surface area (Å²) in [6.07, 6.45) is -4.41. The second-order valence-electron chi connectivity index (χ2n) is 6.96. The Morgan fingerprint density at radius 3 is 2.69 bits per heavy atom. The molecular formula is C21H20F3N5O2S. The zero-order chi connectivity index (χ0) is 22.9. The monoisotopic (exact) mass is 463 g/mol. The maximum Gasteiger partial charge on any atom is 0.416 e. The van der Waals surface area contributed by atoms with Gasteiger partial charge in [-0.15, -0.1) is 0 Å². The fourth-order valence-electron chi connectivity index (χ4n) is 3.31. The van der Waals surface area contributed by atoms with E-state index in [2.05, 4.69) is 20.6 Å². The number of fused-ring (bicyclic) bond motifs is 2. The average Bonchev–Trinajstić information content (AvgIpc) is 3.31. The van der Waals surface area contributed by atoms with Crippen molar-refractivity contribution < 1.29 is 22.7 Å². The number of amides is 1. The van der Waals surface area contributed by atoms with Gasteiger partial charge in [0.05, 0.1) is 33.4 Å². The third-order valence-corrected chi connectivity index (χ3v) is 5.79. The van der Waals surface area contributed by atoms with Gasteiger partial charge in [0.25, 0.3) is 5.91 Å². The minimum Gasteiger partial charge on any atom is -0.383 e. The van der Waals surface area contributed by atoms with Crippen LogP contribution in [0.1, 0.15) is 22.8 Å². The highest BCUT2D eigenvalue weighted by Gasteiger charge is 2.30. The fraction of sp³-hybridized carbons (Fsp3) is 0.286. The first kappa shape index (κ1) is 22.0. The minimum atomic E-state index is -4.41. The van der Waals surface area contributed by atoms with Crippen LogP contribution < -0.4 is 10.6 Å². The first-order valence-electron chi connectivity index (χ1n) is 9.82. The summed E-state index contributed by atoms with van der Waals surface area (Å²) in [6.45, 7) is 3.36. The molecule has 0 spiro atoms. The summed E-state index contributed by atoms with van der Waals surface area (Å²) in [5.41, 5.74) is 1.68. The van der Waals surface area contributed by atoms with Gasteiger partial charge in [-0.2, -0.15) is 13.2 Å². The number of carbonyl (C=O) groups is 1. The molecule has 0 atom stereocenters. The molecule has 0 fully saturated rings. The lowest BCUT2D eigenvalue weighted by Gasteiger charge is -2.06. The van der Waals surface area contributed by atoms with Gasteiger partial charge in [0, 0.05) is 25.8 Å². The van der Waals surface area contributed by atoms with Crippen LogP contribution in [0.4, 0.5) is 24.3 Å². The number of aryl methyl sites for hydroxylation is 1. The number of halogens is 3. The van der Waals surface area contributed by atoms with E-state index in [4.69, 9.17) is 4.74 Å². The summed E-state index contributed by atoms with van der Waals surface area (Å²) >= 11 is 1.12. The van der Waals surface area contributed by atoms with Crippen LogP contribution in [0.25, 0.3) is 21.3 Å². The number of benzene rings is 2. The number of alkyl halides is 3. The second kappa shape index (κ2) is 8.75. The molecule has 2 N–H and O–H groups in total. The Morgan fingerprint density at radius 2 is 1.97 bits per heavy atom. The van der Waals surface area contributed by atoms with Gasteiger partial charge in [-0.05, 0) is 43.3 Å². The Labute approximate surface area is 185 Å². The van der Waals surface area contributed by atoms with E-state index in [-0.39, 0.29) is 5.91 Å². The number of anilines is 2. The summed E-state index contributed by atoms with van der Waals surface area (Å²) in [4.78, 5) is 21.3. The van der Waals surface area contributed by atoms with E-state index < -0.39 is 11.7 Å². The number of methoxy groups -OCH3 is 1. The molecule has 4 rings (SSSR count). The van der Waals surface area contributed by atoms with Crippen molar-refractivity contribution in [3.05, 3.63) is 47.5 Å². The van der Waals surface area contributed by atoms with Crippen LogP contribution in [0, 0.1) is 0 Å². The van der Waals surface area contributed by atoms with E-state index in [1.807, 2.05) is 17.6 Å². The molecule has 0 saturated carbocycles. The van der Waals surface area contributed by atoms with Crippen molar-refractivity contribution in [3.8, 4) is 0 Å². The summed E-state index contributed by atoms with van der Waals surface area (Å²) in [5.74, 6) is 0.269. The van der Waals surface area contributed by atoms with Crippen LogP contribution in [0.3, 0.4) is 0 Å². The van der Waals surface area contributed by atoms with Gasteiger partial charge in [-0.25, -0.2) is 9.97 Å². The Morgan fingerprint density at radius 1 is 1.16 bits per heavy atom. The number of aromatic nitrogens is 3. The first-order chi connectivity index (χ1) is 15.3. The van der Waals surface area contributed by atoms with Crippen molar-refractivity contribution in [2.45, 2.75) is 19.6 Å². The van der Waals surface area contributed by atoms with Crippen molar-refractivity contribution in [3.63, 3.8) is 0 Å². The molecule has 2 heterocycles. The van der Waals surface area contributed by atoms with Gasteiger partial charge < -0.3 is 19.9 Å². The molecule has 168 valence electrons. The fourth-order valence-corrected chi connectivity index (χ4v) is 4.20. The van der Waals surface area contributed by atoms with Gasteiger partial charge in [0.2, 0.25) is 5.95 Å². The highest BCUT2D eigenvalue weighted by atomic mass is 32.1. The number of carbonyl (C=O) groups excluding carboxylic acids is 1. The number of imidazole rings is 1. The van der Waals surface area contributed by atoms with Crippen LogP contribution >= 0.6 is 11.3 Å².